The molecule has 2 aromatic carbocycles. The lowest BCUT2D eigenvalue weighted by Crippen LogP contribution is -2.09. The summed E-state index contributed by atoms with van der Waals surface area (Å²) in [4.78, 5) is 19.1. The maximum absolute atomic E-state index is 11.7. The van der Waals surface area contributed by atoms with Crippen molar-refractivity contribution in [3.8, 4) is 28.1 Å². The number of nitrogens with one attached hydrogen (secondary N) is 1. The second-order valence-electron chi connectivity index (χ2n) is 5.66. The molecule has 24 heavy (non-hydrogen) atoms. The molecule has 5 nitrogen and oxygen atoms in total. The number of oxazole rings is 1. The molecular formula is C19H12N2O3. The summed E-state index contributed by atoms with van der Waals surface area (Å²) in [6.45, 7) is 0.396. The van der Waals surface area contributed by atoms with Crippen molar-refractivity contribution in [2.45, 2.75) is 6.61 Å². The number of hydrogen-bond acceptors (Lipinski definition) is 4. The second-order valence-corrected chi connectivity index (χ2v) is 5.66. The molecule has 0 saturated carbocycles. The molecule has 0 spiro atoms. The number of benzene rings is 2. The van der Waals surface area contributed by atoms with E-state index in [1.165, 1.54) is 0 Å². The monoisotopic (exact) mass is 316 g/mol. The lowest BCUT2D eigenvalue weighted by Gasteiger charge is -2.22. The van der Waals surface area contributed by atoms with Crippen molar-refractivity contribution in [2.75, 3.05) is 0 Å². The Bertz CT molecular complexity index is 1130. The number of H-pyrrole nitrogens is 1. The van der Waals surface area contributed by atoms with E-state index in [1.54, 1.807) is 0 Å². The summed E-state index contributed by atoms with van der Waals surface area (Å²) in [5.41, 5.74) is 5.46. The highest BCUT2D eigenvalue weighted by molar-refractivity contribution is 5.95. The van der Waals surface area contributed by atoms with E-state index in [9.17, 15) is 4.79 Å². The molecule has 1 aliphatic heterocycles. The van der Waals surface area contributed by atoms with Gasteiger partial charge in [0, 0.05) is 16.7 Å². The molecule has 1 aliphatic rings. The number of rotatable bonds is 1. The van der Waals surface area contributed by atoms with Crippen LogP contribution < -0.4 is 10.5 Å². The minimum absolute atomic E-state index is 0.314. The standard InChI is InChI=1S/C19H12N2O3/c22-19-21-17-15(11-6-2-1-3-7-11)13-10-23-14-9-5-4-8-12(14)16(13)20-18(17)24-19/h1-9H,10H2,(H,21,22). The van der Waals surface area contributed by atoms with Gasteiger partial charge in [-0.1, -0.05) is 42.5 Å². The fraction of sp³-hybridized carbons (Fsp3) is 0.0526. The summed E-state index contributed by atoms with van der Waals surface area (Å²) in [7, 11) is 0. The zero-order valence-corrected chi connectivity index (χ0v) is 12.6. The SMILES string of the molecule is O=c1[nH]c2c(-c3ccccc3)c3c(nc2o1)-c1ccccc1OC3. The summed E-state index contributed by atoms with van der Waals surface area (Å²) >= 11 is 0. The number of nitrogens with zero attached hydrogens (tertiary/aromatic N) is 1. The normalized spacial score (nSPS) is 12.5. The van der Waals surface area contributed by atoms with Gasteiger partial charge in [0.25, 0.3) is 0 Å². The minimum atomic E-state index is -0.508. The van der Waals surface area contributed by atoms with E-state index in [-0.39, 0.29) is 0 Å². The van der Waals surface area contributed by atoms with Crippen LogP contribution in [0.1, 0.15) is 5.56 Å². The molecule has 0 amide bonds. The molecular weight excluding hydrogens is 304 g/mol. The van der Waals surface area contributed by atoms with Gasteiger partial charge in [0.05, 0.1) is 5.69 Å². The first-order valence-electron chi connectivity index (χ1n) is 7.64. The van der Waals surface area contributed by atoms with Gasteiger partial charge in [-0.15, -0.1) is 0 Å². The van der Waals surface area contributed by atoms with Crippen LogP contribution in [-0.4, -0.2) is 9.97 Å². The topological polar surface area (TPSA) is 68.1 Å². The Morgan fingerprint density at radius 1 is 1.00 bits per heavy atom. The fourth-order valence-electron chi connectivity index (χ4n) is 3.23. The molecule has 3 heterocycles. The highest BCUT2D eigenvalue weighted by atomic mass is 16.5. The van der Waals surface area contributed by atoms with Crippen LogP contribution in [0.3, 0.4) is 0 Å². The van der Waals surface area contributed by atoms with E-state index in [1.807, 2.05) is 54.6 Å². The maximum Gasteiger partial charge on any atom is 0.418 e. The first kappa shape index (κ1) is 13.1. The molecule has 0 unspecified atom stereocenters. The molecule has 0 bridgehead atoms. The number of ether oxygens (including phenoxy) is 1. The van der Waals surface area contributed by atoms with Gasteiger partial charge in [0.2, 0.25) is 5.71 Å². The van der Waals surface area contributed by atoms with Gasteiger partial charge in [-0.25, -0.2) is 9.78 Å². The molecule has 4 aromatic rings. The number of pyridine rings is 1. The first-order chi connectivity index (χ1) is 11.8. The number of hydrogen-bond donors (Lipinski definition) is 1. The van der Waals surface area contributed by atoms with Gasteiger partial charge in [-0.2, -0.15) is 0 Å². The van der Waals surface area contributed by atoms with Crippen molar-refractivity contribution in [3.05, 3.63) is 70.7 Å². The van der Waals surface area contributed by atoms with E-state index in [0.717, 1.165) is 33.7 Å². The Balaban J connectivity index is 1.93. The van der Waals surface area contributed by atoms with Gasteiger partial charge in [0.15, 0.2) is 0 Å². The first-order valence-corrected chi connectivity index (χ1v) is 7.64. The van der Waals surface area contributed by atoms with Crippen LogP contribution in [0.25, 0.3) is 33.6 Å². The van der Waals surface area contributed by atoms with Crippen LogP contribution in [0.4, 0.5) is 0 Å². The van der Waals surface area contributed by atoms with Crippen molar-refractivity contribution in [1.29, 1.82) is 0 Å². The van der Waals surface area contributed by atoms with Crippen LogP contribution in [0.15, 0.2) is 63.8 Å². The lowest BCUT2D eigenvalue weighted by molar-refractivity contribution is 0.302. The molecule has 0 radical (unpaired) electrons. The van der Waals surface area contributed by atoms with Crippen molar-refractivity contribution in [3.63, 3.8) is 0 Å². The van der Waals surface area contributed by atoms with E-state index in [4.69, 9.17) is 9.15 Å². The highest BCUT2D eigenvalue weighted by Gasteiger charge is 2.25. The van der Waals surface area contributed by atoms with Crippen LogP contribution in [0, 0.1) is 0 Å². The predicted octanol–water partition coefficient (Wildman–Crippen LogP) is 3.74. The van der Waals surface area contributed by atoms with Gasteiger partial charge < -0.3 is 9.15 Å². The van der Waals surface area contributed by atoms with Crippen molar-refractivity contribution in [1.82, 2.24) is 9.97 Å². The number of aromatic amines is 1. The fourth-order valence-corrected chi connectivity index (χ4v) is 3.23. The van der Waals surface area contributed by atoms with Gasteiger partial charge in [-0.3, -0.25) is 4.98 Å². The van der Waals surface area contributed by atoms with E-state index >= 15 is 0 Å². The zero-order valence-electron chi connectivity index (χ0n) is 12.6. The molecule has 0 aliphatic carbocycles. The summed E-state index contributed by atoms with van der Waals surface area (Å²) in [6.07, 6.45) is 0. The van der Waals surface area contributed by atoms with Crippen LogP contribution in [0.2, 0.25) is 0 Å². The summed E-state index contributed by atoms with van der Waals surface area (Å²) in [6, 6.07) is 17.6. The Kier molecular flexibility index (Phi) is 2.64. The smallest absolute Gasteiger partial charge is 0.418 e. The van der Waals surface area contributed by atoms with Crippen molar-refractivity contribution in [2.24, 2.45) is 0 Å². The highest BCUT2D eigenvalue weighted by Crippen LogP contribution is 2.42. The number of aromatic nitrogens is 2. The van der Waals surface area contributed by atoms with E-state index in [0.29, 0.717) is 17.8 Å². The number of fused-ring (bicyclic) bond motifs is 4. The zero-order chi connectivity index (χ0) is 16.1. The Morgan fingerprint density at radius 2 is 1.79 bits per heavy atom. The molecule has 0 fully saturated rings. The summed E-state index contributed by atoms with van der Waals surface area (Å²) in [5, 5.41) is 0. The van der Waals surface area contributed by atoms with Crippen molar-refractivity contribution < 1.29 is 9.15 Å². The third kappa shape index (κ3) is 1.81. The van der Waals surface area contributed by atoms with Gasteiger partial charge in [0.1, 0.15) is 17.9 Å². The minimum Gasteiger partial charge on any atom is -0.488 e. The third-order valence-corrected chi connectivity index (χ3v) is 4.26. The Hall–Kier alpha value is -3.34. The molecule has 1 N–H and O–H groups in total. The Morgan fingerprint density at radius 3 is 2.67 bits per heavy atom. The number of para-hydroxylation sites is 1. The largest absolute Gasteiger partial charge is 0.488 e. The molecule has 5 rings (SSSR count). The summed E-state index contributed by atoms with van der Waals surface area (Å²) in [5.74, 6) is 0.278. The van der Waals surface area contributed by atoms with E-state index in [2.05, 4.69) is 9.97 Å². The molecule has 0 saturated heterocycles. The molecule has 2 aromatic heterocycles. The molecule has 5 heteroatoms. The quantitative estimate of drug-likeness (QED) is 0.581. The van der Waals surface area contributed by atoms with Crippen LogP contribution in [0.5, 0.6) is 5.75 Å². The molecule has 116 valence electrons. The van der Waals surface area contributed by atoms with Crippen LogP contribution >= 0.6 is 0 Å². The maximum atomic E-state index is 11.7. The predicted molar refractivity (Wildman–Crippen MR) is 89.8 cm³/mol. The molecule has 0 atom stereocenters. The summed E-state index contributed by atoms with van der Waals surface area (Å²) < 4.78 is 11.2. The van der Waals surface area contributed by atoms with Gasteiger partial charge >= 0.3 is 5.76 Å². The van der Waals surface area contributed by atoms with Crippen molar-refractivity contribution >= 4 is 11.2 Å². The third-order valence-electron chi connectivity index (χ3n) is 4.26. The van der Waals surface area contributed by atoms with Crippen LogP contribution in [-0.2, 0) is 6.61 Å². The average Bonchev–Trinajstić information content (AvgIpc) is 3.00. The average molecular weight is 316 g/mol. The van der Waals surface area contributed by atoms with Gasteiger partial charge in [-0.05, 0) is 17.7 Å². The van der Waals surface area contributed by atoms with E-state index < -0.39 is 5.76 Å². The lowest BCUT2D eigenvalue weighted by atomic mass is 9.94. The second kappa shape index (κ2) is 4.83. The Labute approximate surface area is 136 Å².